The first-order chi connectivity index (χ1) is 13.6. The lowest BCUT2D eigenvalue weighted by Gasteiger charge is -2.34. The normalized spacial score (nSPS) is 20.8. The quantitative estimate of drug-likeness (QED) is 0.835. The molecule has 2 aliphatic heterocycles. The highest BCUT2D eigenvalue weighted by atomic mass is 16.4. The molecule has 2 aromatic rings. The van der Waals surface area contributed by atoms with Crippen LogP contribution in [0.2, 0.25) is 0 Å². The topological polar surface area (TPSA) is 64.0 Å². The number of carbonyl (C=O) groups is 1. The molecule has 5 heteroatoms. The second-order valence-electron chi connectivity index (χ2n) is 7.96. The van der Waals surface area contributed by atoms with Crippen molar-refractivity contribution in [3.63, 3.8) is 0 Å². The number of para-hydroxylation sites is 2. The molecular formula is C23H28N2O3. The van der Waals surface area contributed by atoms with E-state index in [4.69, 9.17) is 0 Å². The molecule has 2 aliphatic rings. The maximum atomic E-state index is 11.3. The Balaban J connectivity index is 1.53. The van der Waals surface area contributed by atoms with E-state index in [1.807, 2.05) is 12.1 Å². The maximum absolute atomic E-state index is 11.3. The first-order valence-electron chi connectivity index (χ1n) is 10.2. The van der Waals surface area contributed by atoms with Gasteiger partial charge in [0.15, 0.2) is 0 Å². The molecule has 0 bridgehead atoms. The molecule has 1 fully saturated rings. The number of nitrogens with zero attached hydrogens (tertiary/aromatic N) is 2. The smallest absolute Gasteiger partial charge is 0.307 e. The van der Waals surface area contributed by atoms with Crippen LogP contribution < -0.4 is 4.90 Å². The minimum absolute atomic E-state index is 0.319. The zero-order valence-corrected chi connectivity index (χ0v) is 16.1. The van der Waals surface area contributed by atoms with Crippen LogP contribution in [0.4, 0.5) is 11.4 Å². The molecule has 2 aromatic carbocycles. The highest BCUT2D eigenvalue weighted by molar-refractivity contribution is 5.71. The van der Waals surface area contributed by atoms with Gasteiger partial charge in [-0.05, 0) is 55.5 Å². The summed E-state index contributed by atoms with van der Waals surface area (Å²) in [6, 6.07) is 16.8. The predicted octanol–water partition coefficient (Wildman–Crippen LogP) is 3.08. The number of hydrogen-bond donors (Lipinski definition) is 2. The van der Waals surface area contributed by atoms with Gasteiger partial charge in [0, 0.05) is 24.5 Å². The fraction of sp³-hybridized carbons (Fsp3) is 0.435. The van der Waals surface area contributed by atoms with Crippen LogP contribution in [-0.2, 0) is 17.6 Å². The van der Waals surface area contributed by atoms with Crippen LogP contribution in [0, 0.1) is 5.92 Å². The zero-order valence-electron chi connectivity index (χ0n) is 16.1. The average Bonchev–Trinajstić information content (AvgIpc) is 2.86. The summed E-state index contributed by atoms with van der Waals surface area (Å²) in [5, 5.41) is 20.2. The van der Waals surface area contributed by atoms with E-state index < -0.39 is 12.1 Å². The van der Waals surface area contributed by atoms with Crippen LogP contribution in [0.15, 0.2) is 48.5 Å². The number of carboxylic acids is 1. The summed E-state index contributed by atoms with van der Waals surface area (Å²) >= 11 is 0. The highest BCUT2D eigenvalue weighted by Gasteiger charge is 2.28. The molecule has 2 N–H and O–H groups in total. The number of fused-ring (bicyclic) bond motifs is 2. The van der Waals surface area contributed by atoms with Gasteiger partial charge < -0.3 is 15.1 Å². The summed E-state index contributed by atoms with van der Waals surface area (Å²) in [5.41, 5.74) is 4.92. The van der Waals surface area contributed by atoms with Crippen molar-refractivity contribution in [2.45, 2.75) is 31.8 Å². The summed E-state index contributed by atoms with van der Waals surface area (Å²) in [6.07, 6.45) is 3.04. The molecule has 5 nitrogen and oxygen atoms in total. The number of aryl methyl sites for hydroxylation is 2. The van der Waals surface area contributed by atoms with E-state index in [0.29, 0.717) is 19.6 Å². The fourth-order valence-electron chi connectivity index (χ4n) is 4.56. The van der Waals surface area contributed by atoms with Crippen molar-refractivity contribution in [1.29, 1.82) is 0 Å². The number of carboxylic acid groups (broad SMARTS) is 1. The number of hydrogen-bond acceptors (Lipinski definition) is 4. The van der Waals surface area contributed by atoms with E-state index in [-0.39, 0.29) is 5.92 Å². The number of anilines is 2. The Bertz CT molecular complexity index is 791. The number of rotatable bonds is 5. The molecule has 28 heavy (non-hydrogen) atoms. The van der Waals surface area contributed by atoms with Crippen molar-refractivity contribution in [1.82, 2.24) is 4.90 Å². The van der Waals surface area contributed by atoms with Crippen molar-refractivity contribution < 1.29 is 15.0 Å². The second-order valence-corrected chi connectivity index (χ2v) is 7.96. The minimum atomic E-state index is -0.727. The Morgan fingerprint density at radius 2 is 1.61 bits per heavy atom. The average molecular weight is 380 g/mol. The lowest BCUT2D eigenvalue weighted by Crippen LogP contribution is -2.45. The van der Waals surface area contributed by atoms with Crippen molar-refractivity contribution >= 4 is 17.3 Å². The van der Waals surface area contributed by atoms with E-state index in [0.717, 1.165) is 43.6 Å². The lowest BCUT2D eigenvalue weighted by atomic mass is 9.98. The summed E-state index contributed by atoms with van der Waals surface area (Å²) in [7, 11) is 0. The SMILES string of the molecule is O=C(O)C1CCCN(C[C@@H](O)CN2c3ccccc3CCc3ccccc32)C1. The number of aliphatic hydroxyl groups excluding tert-OH is 1. The molecule has 1 saturated heterocycles. The van der Waals surface area contributed by atoms with Gasteiger partial charge in [-0.3, -0.25) is 9.69 Å². The third-order valence-electron chi connectivity index (χ3n) is 5.95. The monoisotopic (exact) mass is 380 g/mol. The molecule has 0 aliphatic carbocycles. The Hall–Kier alpha value is -2.37. The summed E-state index contributed by atoms with van der Waals surface area (Å²) < 4.78 is 0. The third kappa shape index (κ3) is 4.05. The Morgan fingerprint density at radius 3 is 2.21 bits per heavy atom. The van der Waals surface area contributed by atoms with Crippen molar-refractivity contribution in [3.05, 3.63) is 59.7 Å². The molecule has 1 unspecified atom stereocenters. The van der Waals surface area contributed by atoms with Crippen LogP contribution in [0.1, 0.15) is 24.0 Å². The first kappa shape index (κ1) is 19.0. The van der Waals surface area contributed by atoms with Gasteiger partial charge in [-0.1, -0.05) is 36.4 Å². The van der Waals surface area contributed by atoms with Crippen molar-refractivity contribution in [3.8, 4) is 0 Å². The zero-order chi connectivity index (χ0) is 19.5. The lowest BCUT2D eigenvalue weighted by molar-refractivity contribution is -0.143. The first-order valence-corrected chi connectivity index (χ1v) is 10.2. The minimum Gasteiger partial charge on any atom is -0.481 e. The number of likely N-dealkylation sites (tertiary alicyclic amines) is 1. The maximum Gasteiger partial charge on any atom is 0.307 e. The number of β-amino-alcohol motifs (C(OH)–C–C–N with tert-alkyl or cyclic N) is 1. The molecule has 0 spiro atoms. The van der Waals surface area contributed by atoms with Gasteiger partial charge in [-0.15, -0.1) is 0 Å². The van der Waals surface area contributed by atoms with Crippen LogP contribution in [0.3, 0.4) is 0 Å². The van der Waals surface area contributed by atoms with Crippen LogP contribution in [0.5, 0.6) is 0 Å². The molecule has 0 saturated carbocycles. The van der Waals surface area contributed by atoms with E-state index in [1.165, 1.54) is 11.1 Å². The van der Waals surface area contributed by atoms with E-state index in [1.54, 1.807) is 0 Å². The van der Waals surface area contributed by atoms with E-state index >= 15 is 0 Å². The predicted molar refractivity (Wildman–Crippen MR) is 110 cm³/mol. The van der Waals surface area contributed by atoms with Gasteiger partial charge in [0.25, 0.3) is 0 Å². The third-order valence-corrected chi connectivity index (χ3v) is 5.95. The Kier molecular flexibility index (Phi) is 5.64. The molecule has 2 heterocycles. The fourth-order valence-corrected chi connectivity index (χ4v) is 4.56. The Labute approximate surface area is 166 Å². The molecule has 0 aromatic heterocycles. The van der Waals surface area contributed by atoms with E-state index in [2.05, 4.69) is 46.2 Å². The second kappa shape index (κ2) is 8.33. The van der Waals surface area contributed by atoms with Gasteiger partial charge >= 0.3 is 5.97 Å². The van der Waals surface area contributed by atoms with Crippen LogP contribution in [-0.4, -0.2) is 53.4 Å². The summed E-state index contributed by atoms with van der Waals surface area (Å²) in [6.45, 7) is 2.39. The number of aliphatic carboxylic acids is 1. The molecule has 2 atom stereocenters. The summed E-state index contributed by atoms with van der Waals surface area (Å²) in [4.78, 5) is 15.7. The largest absolute Gasteiger partial charge is 0.481 e. The van der Waals surface area contributed by atoms with Gasteiger partial charge in [-0.25, -0.2) is 0 Å². The number of piperidine rings is 1. The standard InChI is InChI=1S/C23H28N2O3/c26-20(15-24-13-5-8-19(14-24)23(27)28)16-25-21-9-3-1-6-17(21)11-12-18-7-2-4-10-22(18)25/h1-4,6-7,9-10,19-20,26H,5,8,11-16H2,(H,27,28)/t19?,20-/m1/s1. The van der Waals surface area contributed by atoms with Crippen molar-refractivity contribution in [2.75, 3.05) is 31.1 Å². The highest BCUT2D eigenvalue weighted by Crippen LogP contribution is 2.36. The number of benzene rings is 2. The van der Waals surface area contributed by atoms with Crippen molar-refractivity contribution in [2.24, 2.45) is 5.92 Å². The molecule has 4 rings (SSSR count). The van der Waals surface area contributed by atoms with Crippen LogP contribution in [0.25, 0.3) is 0 Å². The molecule has 148 valence electrons. The number of aliphatic hydroxyl groups is 1. The van der Waals surface area contributed by atoms with Gasteiger partial charge in [-0.2, -0.15) is 0 Å². The van der Waals surface area contributed by atoms with Gasteiger partial charge in [0.05, 0.1) is 18.6 Å². The van der Waals surface area contributed by atoms with Gasteiger partial charge in [0.1, 0.15) is 0 Å². The van der Waals surface area contributed by atoms with Crippen LogP contribution >= 0.6 is 0 Å². The summed E-state index contributed by atoms with van der Waals surface area (Å²) in [5.74, 6) is -1.05. The Morgan fingerprint density at radius 1 is 1.00 bits per heavy atom. The van der Waals surface area contributed by atoms with E-state index in [9.17, 15) is 15.0 Å². The molecule has 0 radical (unpaired) electrons. The van der Waals surface area contributed by atoms with Gasteiger partial charge in [0.2, 0.25) is 0 Å². The molecule has 0 amide bonds. The molecular weight excluding hydrogens is 352 g/mol.